The zero-order valence-electron chi connectivity index (χ0n) is 22.4. The molecule has 0 saturated carbocycles. The molecule has 1 aliphatic rings. The van der Waals surface area contributed by atoms with Gasteiger partial charge in [0.05, 0.1) is 22.6 Å². The van der Waals surface area contributed by atoms with Crippen molar-refractivity contribution >= 4 is 62.8 Å². The van der Waals surface area contributed by atoms with Crippen molar-refractivity contribution in [2.45, 2.75) is 0 Å². The van der Waals surface area contributed by atoms with E-state index < -0.39 is 17.8 Å². The molecule has 2 heterocycles. The van der Waals surface area contributed by atoms with Crippen LogP contribution in [0.15, 0.2) is 125 Å². The van der Waals surface area contributed by atoms with Gasteiger partial charge in [0.1, 0.15) is 5.57 Å². The maximum atomic E-state index is 13.9. The summed E-state index contributed by atoms with van der Waals surface area (Å²) in [5.41, 5.74) is 5.07. The highest BCUT2D eigenvalue weighted by Gasteiger charge is 2.35. The molecule has 2 amide bonds. The van der Waals surface area contributed by atoms with Crippen molar-refractivity contribution in [3.63, 3.8) is 0 Å². The predicted octanol–water partition coefficient (Wildman–Crippen LogP) is 7.10. The van der Waals surface area contributed by atoms with Gasteiger partial charge >= 0.3 is 5.97 Å². The smallest absolute Gasteiger partial charge is 0.335 e. The fourth-order valence-electron chi connectivity index (χ4n) is 5.04. The first-order valence-electron chi connectivity index (χ1n) is 13.2. The quantitative estimate of drug-likeness (QED) is 0.116. The van der Waals surface area contributed by atoms with Crippen LogP contribution in [-0.4, -0.2) is 32.6 Å². The lowest BCUT2D eigenvalue weighted by Crippen LogP contribution is -2.54. The highest BCUT2D eigenvalue weighted by molar-refractivity contribution is 9.10. The third-order valence-corrected chi connectivity index (χ3v) is 7.80. The summed E-state index contributed by atoms with van der Waals surface area (Å²) < 4.78 is 3.04. The average Bonchev–Trinajstić information content (AvgIpc) is 3.39. The molecule has 5 aromatic rings. The molecule has 0 spiro atoms. The van der Waals surface area contributed by atoms with Gasteiger partial charge in [0.2, 0.25) is 0 Å². The van der Waals surface area contributed by atoms with Crippen molar-refractivity contribution in [1.29, 1.82) is 0 Å². The fraction of sp³-hybridized carbons (Fsp3) is 0. The lowest BCUT2D eigenvalue weighted by Gasteiger charge is -2.29. The van der Waals surface area contributed by atoms with Gasteiger partial charge in [-0.1, -0.05) is 82.7 Å². The molecule has 43 heavy (non-hydrogen) atoms. The maximum absolute atomic E-state index is 13.9. The molecule has 2 N–H and O–H groups in total. The molecule has 0 aliphatic carbocycles. The van der Waals surface area contributed by atoms with E-state index in [0.29, 0.717) is 5.56 Å². The van der Waals surface area contributed by atoms with Crippen LogP contribution >= 0.6 is 28.1 Å². The lowest BCUT2D eigenvalue weighted by molar-refractivity contribution is -0.122. The Balaban J connectivity index is 1.58. The topological polar surface area (TPSA) is 91.6 Å². The Morgan fingerprint density at radius 3 is 2.09 bits per heavy atom. The van der Waals surface area contributed by atoms with E-state index in [4.69, 9.17) is 12.2 Å². The van der Waals surface area contributed by atoms with Crippen molar-refractivity contribution in [1.82, 2.24) is 9.88 Å². The van der Waals surface area contributed by atoms with E-state index in [2.05, 4.69) is 25.8 Å². The van der Waals surface area contributed by atoms with Crippen molar-refractivity contribution < 1.29 is 19.5 Å². The third kappa shape index (κ3) is 5.43. The zero-order chi connectivity index (χ0) is 30.1. The van der Waals surface area contributed by atoms with Crippen LogP contribution in [-0.2, 0) is 9.59 Å². The van der Waals surface area contributed by atoms with Gasteiger partial charge in [0.15, 0.2) is 5.11 Å². The summed E-state index contributed by atoms with van der Waals surface area (Å²) in [7, 11) is 0. The summed E-state index contributed by atoms with van der Waals surface area (Å²) in [4.78, 5) is 39.9. The number of carboxylic acids is 1. The first kappa shape index (κ1) is 28.0. The summed E-state index contributed by atoms with van der Waals surface area (Å²) in [6.45, 7) is 0. The van der Waals surface area contributed by atoms with E-state index in [1.807, 2.05) is 91.0 Å². The third-order valence-electron chi connectivity index (χ3n) is 6.98. The lowest BCUT2D eigenvalue weighted by atomic mass is 10.0. The van der Waals surface area contributed by atoms with E-state index >= 15 is 0 Å². The summed E-state index contributed by atoms with van der Waals surface area (Å²) in [6.07, 6.45) is 1.57. The maximum Gasteiger partial charge on any atom is 0.335 e. The second-order valence-corrected chi connectivity index (χ2v) is 11.0. The van der Waals surface area contributed by atoms with Gasteiger partial charge in [-0.15, -0.1) is 0 Å². The number of nitrogens with zero attached hydrogens (tertiary/aromatic N) is 2. The second-order valence-electron chi connectivity index (χ2n) is 9.69. The summed E-state index contributed by atoms with van der Waals surface area (Å²) in [6, 6.07) is 35.3. The number of halogens is 1. The fourth-order valence-corrected chi connectivity index (χ4v) is 5.58. The van der Waals surface area contributed by atoms with Crippen LogP contribution in [0.3, 0.4) is 0 Å². The Bertz CT molecular complexity index is 1930. The second kappa shape index (κ2) is 11.6. The number of carbonyl (C=O) groups is 3. The van der Waals surface area contributed by atoms with Crippen LogP contribution in [0.5, 0.6) is 0 Å². The Labute approximate surface area is 260 Å². The summed E-state index contributed by atoms with van der Waals surface area (Å²) >= 11 is 8.87. The van der Waals surface area contributed by atoms with E-state index in [-0.39, 0.29) is 21.9 Å². The largest absolute Gasteiger partial charge is 0.478 e. The molecule has 0 radical (unpaired) electrons. The minimum atomic E-state index is -1.15. The van der Waals surface area contributed by atoms with Crippen molar-refractivity contribution in [3.8, 4) is 28.2 Å². The normalized spacial score (nSPS) is 14.2. The van der Waals surface area contributed by atoms with Gasteiger partial charge in [-0.3, -0.25) is 19.8 Å². The highest BCUT2D eigenvalue weighted by atomic mass is 79.9. The summed E-state index contributed by atoms with van der Waals surface area (Å²) in [5, 5.41) is 11.9. The molecule has 0 bridgehead atoms. The summed E-state index contributed by atoms with van der Waals surface area (Å²) in [5.74, 6) is -2.45. The molecule has 210 valence electrons. The number of benzene rings is 4. The standard InChI is InChI=1S/C34H22BrN3O4S/c35-25-14-16-26(17-15-25)37-29(21-8-3-1-4-9-21)20-24(30(37)22-10-5-2-6-11-22)19-28-31(39)36-34(43)38(32(28)40)27-13-7-12-23(18-27)33(41)42/h1-20H,(H,41,42)(H,36,39,43). The number of rotatable bonds is 6. The van der Waals surface area contributed by atoms with Gasteiger partial charge in [-0.05, 0) is 78.0 Å². The predicted molar refractivity (Wildman–Crippen MR) is 174 cm³/mol. The van der Waals surface area contributed by atoms with E-state index in [1.165, 1.54) is 18.2 Å². The van der Waals surface area contributed by atoms with Gasteiger partial charge in [-0.25, -0.2) is 4.79 Å². The molecule has 6 rings (SSSR count). The number of aromatic nitrogens is 1. The van der Waals surface area contributed by atoms with E-state index in [9.17, 15) is 19.5 Å². The number of amides is 2. The Hall–Kier alpha value is -5.12. The van der Waals surface area contributed by atoms with Gasteiger partial charge < -0.3 is 9.67 Å². The van der Waals surface area contributed by atoms with Crippen LogP contribution in [0.1, 0.15) is 15.9 Å². The number of aromatic carboxylic acids is 1. The molecule has 1 saturated heterocycles. The number of hydrogen-bond donors (Lipinski definition) is 2. The molecule has 1 aromatic heterocycles. The Kier molecular flexibility index (Phi) is 7.58. The highest BCUT2D eigenvalue weighted by Crippen LogP contribution is 2.38. The average molecular weight is 649 g/mol. The van der Waals surface area contributed by atoms with E-state index in [0.717, 1.165) is 37.6 Å². The van der Waals surface area contributed by atoms with Crippen LogP contribution in [0.2, 0.25) is 0 Å². The number of thiocarbonyl (C=S) groups is 1. The molecule has 1 fully saturated rings. The minimum Gasteiger partial charge on any atom is -0.478 e. The SMILES string of the molecule is O=C1NC(=S)N(c2cccc(C(=O)O)c2)C(=O)C1=Cc1cc(-c2ccccc2)n(-c2ccc(Br)cc2)c1-c1ccccc1. The van der Waals surface area contributed by atoms with Crippen molar-refractivity contribution in [2.24, 2.45) is 0 Å². The molecule has 0 atom stereocenters. The van der Waals surface area contributed by atoms with Crippen molar-refractivity contribution in [3.05, 3.63) is 136 Å². The van der Waals surface area contributed by atoms with Gasteiger partial charge in [0, 0.05) is 15.7 Å². The molecule has 7 nitrogen and oxygen atoms in total. The molecule has 9 heteroatoms. The number of nitrogens with one attached hydrogen (secondary N) is 1. The number of carboxylic acid groups (broad SMARTS) is 1. The molecule has 1 aliphatic heterocycles. The zero-order valence-corrected chi connectivity index (χ0v) is 24.8. The van der Waals surface area contributed by atoms with E-state index in [1.54, 1.807) is 12.1 Å². The number of carbonyl (C=O) groups excluding carboxylic acids is 2. The molecular formula is C34H22BrN3O4S. The Morgan fingerprint density at radius 2 is 1.44 bits per heavy atom. The van der Waals surface area contributed by atoms with Gasteiger partial charge in [-0.2, -0.15) is 0 Å². The molecule has 4 aromatic carbocycles. The first-order valence-corrected chi connectivity index (χ1v) is 14.4. The van der Waals surface area contributed by atoms with Gasteiger partial charge in [0.25, 0.3) is 11.8 Å². The van der Waals surface area contributed by atoms with Crippen LogP contribution < -0.4 is 10.2 Å². The van der Waals surface area contributed by atoms with Crippen molar-refractivity contribution in [2.75, 3.05) is 4.90 Å². The first-order chi connectivity index (χ1) is 20.8. The number of hydrogen-bond acceptors (Lipinski definition) is 4. The molecule has 0 unspecified atom stereocenters. The van der Waals surface area contributed by atoms with Crippen LogP contribution in [0.25, 0.3) is 34.3 Å². The minimum absolute atomic E-state index is 0.0130. The monoisotopic (exact) mass is 647 g/mol. The van der Waals surface area contributed by atoms with Crippen LogP contribution in [0, 0.1) is 0 Å². The molecular weight excluding hydrogens is 626 g/mol. The Morgan fingerprint density at radius 1 is 0.791 bits per heavy atom. The van der Waals surface area contributed by atoms with Crippen LogP contribution in [0.4, 0.5) is 5.69 Å². The number of anilines is 1.